The number of anilines is 1. The van der Waals surface area contributed by atoms with E-state index in [4.69, 9.17) is 28.1 Å². The molecule has 2 heterocycles. The highest BCUT2D eigenvalue weighted by molar-refractivity contribution is 7.87. The van der Waals surface area contributed by atoms with E-state index < -0.39 is 10.1 Å². The average molecular weight is 551 g/mol. The van der Waals surface area contributed by atoms with E-state index in [1.807, 2.05) is 42.5 Å². The Morgan fingerprint density at radius 1 is 0.769 bits per heavy atom. The Labute approximate surface area is 228 Å². The van der Waals surface area contributed by atoms with Crippen molar-refractivity contribution in [1.82, 2.24) is 4.98 Å². The van der Waals surface area contributed by atoms with Crippen molar-refractivity contribution in [2.75, 3.05) is 46.4 Å². The molecule has 10 heteroatoms. The number of hydrogen-bond acceptors (Lipinski definition) is 9. The number of rotatable bonds is 9. The zero-order chi connectivity index (χ0) is 27.6. The molecule has 1 aliphatic heterocycles. The predicted octanol–water partition coefficient (Wildman–Crippen LogP) is 5.30. The normalized spacial score (nSPS) is 13.4. The van der Waals surface area contributed by atoms with Gasteiger partial charge in [-0.15, -0.1) is 0 Å². The Balaban J connectivity index is 1.65. The van der Waals surface area contributed by atoms with Crippen LogP contribution in [0.4, 0.5) is 5.69 Å². The van der Waals surface area contributed by atoms with Crippen molar-refractivity contribution in [3.8, 4) is 40.0 Å². The Hall–Kier alpha value is -4.18. The topological polar surface area (TPSA) is 96.4 Å². The van der Waals surface area contributed by atoms with Crippen LogP contribution >= 0.6 is 0 Å². The second kappa shape index (κ2) is 10.9. The fourth-order valence-electron chi connectivity index (χ4n) is 4.72. The minimum absolute atomic E-state index is 0.138. The lowest BCUT2D eigenvalue weighted by Gasteiger charge is -2.19. The van der Waals surface area contributed by atoms with Gasteiger partial charge in [-0.2, -0.15) is 8.42 Å². The smallest absolute Gasteiger partial charge is 0.339 e. The van der Waals surface area contributed by atoms with E-state index >= 15 is 0 Å². The van der Waals surface area contributed by atoms with Gasteiger partial charge in [0.2, 0.25) is 5.75 Å². The van der Waals surface area contributed by atoms with E-state index in [1.165, 1.54) is 33.5 Å². The maximum atomic E-state index is 13.6. The summed E-state index contributed by atoms with van der Waals surface area (Å²) in [5.41, 5.74) is 2.90. The third-order valence-electron chi connectivity index (χ3n) is 6.72. The lowest BCUT2D eigenvalue weighted by molar-refractivity contribution is 0.322. The molecule has 39 heavy (non-hydrogen) atoms. The highest BCUT2D eigenvalue weighted by Gasteiger charge is 2.25. The second-order valence-corrected chi connectivity index (χ2v) is 10.6. The summed E-state index contributed by atoms with van der Waals surface area (Å²) < 4.78 is 54.6. The van der Waals surface area contributed by atoms with Crippen LogP contribution in [0.2, 0.25) is 0 Å². The van der Waals surface area contributed by atoms with Crippen LogP contribution in [0.5, 0.6) is 28.7 Å². The number of benzene rings is 3. The molecule has 9 nitrogen and oxygen atoms in total. The molecule has 1 saturated heterocycles. The largest absolute Gasteiger partial charge is 0.497 e. The van der Waals surface area contributed by atoms with Crippen LogP contribution in [-0.2, 0) is 10.1 Å². The van der Waals surface area contributed by atoms with Crippen LogP contribution in [0.15, 0.2) is 65.6 Å². The highest BCUT2D eigenvalue weighted by atomic mass is 32.2. The van der Waals surface area contributed by atoms with E-state index in [1.54, 1.807) is 13.2 Å². The molecule has 0 radical (unpaired) electrons. The number of ether oxygens (including phenoxy) is 4. The Morgan fingerprint density at radius 3 is 2.13 bits per heavy atom. The molecule has 0 amide bonds. The van der Waals surface area contributed by atoms with Gasteiger partial charge in [-0.1, -0.05) is 12.1 Å². The van der Waals surface area contributed by atoms with Gasteiger partial charge in [-0.3, -0.25) is 0 Å². The SMILES string of the molecule is COc1cccc(-c2cc(OS(=O)(=O)c3cc(OC)c(OC)c(OC)c3)c3cc(N4CCCC4)ccc3n2)c1. The first-order valence-electron chi connectivity index (χ1n) is 12.5. The first-order chi connectivity index (χ1) is 18.9. The number of methoxy groups -OCH3 is 4. The van der Waals surface area contributed by atoms with Gasteiger partial charge in [0.1, 0.15) is 10.6 Å². The monoisotopic (exact) mass is 550 g/mol. The first-order valence-corrected chi connectivity index (χ1v) is 13.9. The molecule has 0 spiro atoms. The molecule has 1 aromatic heterocycles. The molecule has 204 valence electrons. The Morgan fingerprint density at radius 2 is 1.49 bits per heavy atom. The van der Waals surface area contributed by atoms with Crippen molar-refractivity contribution in [1.29, 1.82) is 0 Å². The van der Waals surface area contributed by atoms with E-state index in [-0.39, 0.29) is 27.9 Å². The fourth-order valence-corrected chi connectivity index (χ4v) is 5.70. The van der Waals surface area contributed by atoms with Crippen LogP contribution in [0, 0.1) is 0 Å². The number of aromatic nitrogens is 1. The Bertz CT molecular complexity index is 1590. The third kappa shape index (κ3) is 5.24. The number of nitrogens with zero attached hydrogens (tertiary/aromatic N) is 2. The summed E-state index contributed by atoms with van der Waals surface area (Å²) >= 11 is 0. The average Bonchev–Trinajstić information content (AvgIpc) is 3.51. The van der Waals surface area contributed by atoms with E-state index in [0.29, 0.717) is 22.3 Å². The summed E-state index contributed by atoms with van der Waals surface area (Å²) in [6, 6.07) is 17.6. The van der Waals surface area contributed by atoms with E-state index in [2.05, 4.69) is 4.90 Å². The van der Waals surface area contributed by atoms with Gasteiger partial charge in [0.15, 0.2) is 17.2 Å². The molecule has 0 atom stereocenters. The van der Waals surface area contributed by atoms with Crippen LogP contribution in [0.1, 0.15) is 12.8 Å². The van der Waals surface area contributed by atoms with Crippen molar-refractivity contribution in [3.63, 3.8) is 0 Å². The van der Waals surface area contributed by atoms with Gasteiger partial charge >= 0.3 is 10.1 Å². The van der Waals surface area contributed by atoms with Crippen LogP contribution in [0.3, 0.4) is 0 Å². The minimum Gasteiger partial charge on any atom is -0.497 e. The lowest BCUT2D eigenvalue weighted by atomic mass is 10.1. The molecule has 0 saturated carbocycles. The van der Waals surface area contributed by atoms with Crippen molar-refractivity contribution < 1.29 is 31.5 Å². The van der Waals surface area contributed by atoms with Crippen LogP contribution in [0.25, 0.3) is 22.2 Å². The van der Waals surface area contributed by atoms with Crippen LogP contribution in [-0.4, -0.2) is 54.9 Å². The predicted molar refractivity (Wildman–Crippen MR) is 149 cm³/mol. The molecular weight excluding hydrogens is 520 g/mol. The van der Waals surface area contributed by atoms with Gasteiger partial charge in [0, 0.05) is 47.9 Å². The zero-order valence-electron chi connectivity index (χ0n) is 22.3. The summed E-state index contributed by atoms with van der Waals surface area (Å²) in [5.74, 6) is 1.50. The zero-order valence-corrected chi connectivity index (χ0v) is 23.1. The second-order valence-electron chi connectivity index (χ2n) is 9.03. The third-order valence-corrected chi connectivity index (χ3v) is 7.93. The highest BCUT2D eigenvalue weighted by Crippen LogP contribution is 2.41. The summed E-state index contributed by atoms with van der Waals surface area (Å²) in [4.78, 5) is 6.96. The lowest BCUT2D eigenvalue weighted by Crippen LogP contribution is -2.17. The molecule has 3 aromatic carbocycles. The molecule has 0 unspecified atom stereocenters. The van der Waals surface area contributed by atoms with Crippen molar-refractivity contribution in [2.45, 2.75) is 17.7 Å². The Kier molecular flexibility index (Phi) is 7.38. The molecule has 0 N–H and O–H groups in total. The fraction of sp³-hybridized carbons (Fsp3) is 0.276. The van der Waals surface area contributed by atoms with Gasteiger partial charge in [0.25, 0.3) is 0 Å². The van der Waals surface area contributed by atoms with Gasteiger partial charge in [0.05, 0.1) is 39.6 Å². The minimum atomic E-state index is -4.32. The molecule has 1 fully saturated rings. The summed E-state index contributed by atoms with van der Waals surface area (Å²) in [5, 5.41) is 0.585. The maximum Gasteiger partial charge on any atom is 0.339 e. The number of fused-ring (bicyclic) bond motifs is 1. The van der Waals surface area contributed by atoms with Crippen LogP contribution < -0.4 is 28.0 Å². The number of hydrogen-bond donors (Lipinski definition) is 0. The standard InChI is InChI=1S/C29H30N2O7S/c1-34-21-9-7-8-19(14-21)25-18-26(23-15-20(10-11-24(23)30-25)31-12-5-6-13-31)38-39(32,33)22-16-27(35-2)29(37-4)28(17-22)36-3/h7-11,14-18H,5-6,12-13H2,1-4H3. The van der Waals surface area contributed by atoms with Gasteiger partial charge < -0.3 is 28.0 Å². The maximum absolute atomic E-state index is 13.6. The van der Waals surface area contributed by atoms with Crippen molar-refractivity contribution >= 4 is 26.7 Å². The molecule has 0 aliphatic carbocycles. The first kappa shape index (κ1) is 26.4. The van der Waals surface area contributed by atoms with E-state index in [9.17, 15) is 8.42 Å². The van der Waals surface area contributed by atoms with Gasteiger partial charge in [-0.05, 0) is 43.2 Å². The van der Waals surface area contributed by atoms with E-state index in [0.717, 1.165) is 37.2 Å². The summed E-state index contributed by atoms with van der Waals surface area (Å²) in [6.07, 6.45) is 2.23. The summed E-state index contributed by atoms with van der Waals surface area (Å²) in [7, 11) is 1.56. The quantitative estimate of drug-likeness (QED) is 0.257. The molecule has 5 rings (SSSR count). The number of pyridine rings is 1. The molecule has 1 aliphatic rings. The van der Waals surface area contributed by atoms with Gasteiger partial charge in [-0.25, -0.2) is 4.98 Å². The summed E-state index contributed by atoms with van der Waals surface area (Å²) in [6.45, 7) is 1.89. The van der Waals surface area contributed by atoms with Crippen molar-refractivity contribution in [3.05, 3.63) is 60.7 Å². The molecule has 0 bridgehead atoms. The van der Waals surface area contributed by atoms with Crippen molar-refractivity contribution in [2.24, 2.45) is 0 Å². The molecular formula is C29H30N2O7S. The molecule has 4 aromatic rings.